The zero-order valence-corrected chi connectivity index (χ0v) is 15.7. The van der Waals surface area contributed by atoms with E-state index in [0.29, 0.717) is 29.8 Å². The molecule has 2 aromatic carbocycles. The molecule has 1 amide bonds. The van der Waals surface area contributed by atoms with Crippen LogP contribution in [0, 0.1) is 5.82 Å². The number of aromatic nitrogens is 2. The van der Waals surface area contributed by atoms with Crippen LogP contribution >= 0.6 is 0 Å². The van der Waals surface area contributed by atoms with Crippen LogP contribution in [0.1, 0.15) is 26.4 Å². The predicted octanol–water partition coefficient (Wildman–Crippen LogP) is 3.31. The molecule has 0 aliphatic rings. The van der Waals surface area contributed by atoms with Gasteiger partial charge in [-0.25, -0.2) is 19.2 Å². The standard InChI is InChI=1S/C21H19FN4O3/c1-29-20(28)15-6-4-7-16(13-15)25-19(27)18-10-12-24-21(26-18)23-11-9-14-5-2-3-8-17(14)22/h2-8,10,12-13H,9,11H2,1H3,(H,25,27)(H,23,24,26). The van der Waals surface area contributed by atoms with Gasteiger partial charge in [0.1, 0.15) is 11.5 Å². The van der Waals surface area contributed by atoms with Crippen LogP contribution in [0.3, 0.4) is 0 Å². The highest BCUT2D eigenvalue weighted by Gasteiger charge is 2.11. The normalized spacial score (nSPS) is 10.3. The zero-order valence-electron chi connectivity index (χ0n) is 15.7. The maximum Gasteiger partial charge on any atom is 0.337 e. The SMILES string of the molecule is COC(=O)c1cccc(NC(=O)c2ccnc(NCCc3ccccc3F)n2)c1. The summed E-state index contributed by atoms with van der Waals surface area (Å²) in [6.07, 6.45) is 1.91. The number of hydrogen-bond acceptors (Lipinski definition) is 6. The molecule has 8 heteroatoms. The third kappa shape index (κ3) is 5.35. The number of nitrogens with zero attached hydrogens (tertiary/aromatic N) is 2. The molecule has 0 bridgehead atoms. The Bertz CT molecular complexity index is 1030. The molecule has 2 N–H and O–H groups in total. The monoisotopic (exact) mass is 394 g/mol. The summed E-state index contributed by atoms with van der Waals surface area (Å²) in [5.74, 6) is -0.953. The predicted molar refractivity (Wildman–Crippen MR) is 106 cm³/mol. The van der Waals surface area contributed by atoms with Crippen molar-refractivity contribution in [3.8, 4) is 0 Å². The van der Waals surface area contributed by atoms with Gasteiger partial charge in [-0.05, 0) is 42.3 Å². The first-order valence-corrected chi connectivity index (χ1v) is 8.87. The fourth-order valence-electron chi connectivity index (χ4n) is 2.62. The number of carbonyl (C=O) groups excluding carboxylic acids is 2. The van der Waals surface area contributed by atoms with Gasteiger partial charge in [0.25, 0.3) is 5.91 Å². The summed E-state index contributed by atoms with van der Waals surface area (Å²) < 4.78 is 18.3. The second-order valence-electron chi connectivity index (χ2n) is 6.06. The van der Waals surface area contributed by atoms with Gasteiger partial charge in [0.2, 0.25) is 5.95 Å². The van der Waals surface area contributed by atoms with Crippen LogP contribution in [0.4, 0.5) is 16.0 Å². The second kappa shape index (κ2) is 9.41. The molecule has 3 rings (SSSR count). The molecule has 0 aliphatic heterocycles. The lowest BCUT2D eigenvalue weighted by Crippen LogP contribution is -2.16. The molecule has 3 aromatic rings. The quantitative estimate of drug-likeness (QED) is 0.597. The number of rotatable bonds is 7. The van der Waals surface area contributed by atoms with E-state index in [1.807, 2.05) is 0 Å². The highest BCUT2D eigenvalue weighted by Crippen LogP contribution is 2.13. The Hall–Kier alpha value is -3.81. The molecule has 0 saturated heterocycles. The molecule has 0 spiro atoms. The van der Waals surface area contributed by atoms with E-state index in [0.717, 1.165) is 0 Å². The Labute approximate surface area is 167 Å². The molecule has 0 fully saturated rings. The molecule has 0 atom stereocenters. The smallest absolute Gasteiger partial charge is 0.337 e. The number of amides is 1. The number of methoxy groups -OCH3 is 1. The van der Waals surface area contributed by atoms with Crippen molar-refractivity contribution in [2.24, 2.45) is 0 Å². The lowest BCUT2D eigenvalue weighted by Gasteiger charge is -2.08. The Kier molecular flexibility index (Phi) is 6.47. The largest absolute Gasteiger partial charge is 0.465 e. The number of esters is 1. The van der Waals surface area contributed by atoms with Crippen molar-refractivity contribution >= 4 is 23.5 Å². The first-order valence-electron chi connectivity index (χ1n) is 8.87. The number of hydrogen-bond donors (Lipinski definition) is 2. The van der Waals surface area contributed by atoms with Gasteiger partial charge in [0.15, 0.2) is 0 Å². The third-order valence-corrected chi connectivity index (χ3v) is 4.07. The summed E-state index contributed by atoms with van der Waals surface area (Å²) in [4.78, 5) is 32.3. The van der Waals surface area contributed by atoms with Gasteiger partial charge in [-0.15, -0.1) is 0 Å². The maximum absolute atomic E-state index is 13.7. The van der Waals surface area contributed by atoms with Crippen molar-refractivity contribution in [3.05, 3.63) is 83.4 Å². The molecular weight excluding hydrogens is 375 g/mol. The average Bonchev–Trinajstić information content (AvgIpc) is 2.75. The number of benzene rings is 2. The molecule has 0 saturated carbocycles. The molecule has 0 aliphatic carbocycles. The van der Waals surface area contributed by atoms with Crippen molar-refractivity contribution in [2.75, 3.05) is 24.3 Å². The van der Waals surface area contributed by atoms with Crippen molar-refractivity contribution in [3.63, 3.8) is 0 Å². The summed E-state index contributed by atoms with van der Waals surface area (Å²) in [7, 11) is 1.29. The van der Waals surface area contributed by atoms with Crippen molar-refractivity contribution in [1.82, 2.24) is 9.97 Å². The summed E-state index contributed by atoms with van der Waals surface area (Å²) in [5.41, 5.74) is 1.49. The summed E-state index contributed by atoms with van der Waals surface area (Å²) in [6, 6.07) is 14.4. The van der Waals surface area contributed by atoms with E-state index in [4.69, 9.17) is 0 Å². The minimum atomic E-state index is -0.496. The van der Waals surface area contributed by atoms with E-state index < -0.39 is 11.9 Å². The van der Waals surface area contributed by atoms with Crippen LogP contribution in [0.25, 0.3) is 0 Å². The number of anilines is 2. The van der Waals surface area contributed by atoms with Gasteiger partial charge in [-0.2, -0.15) is 0 Å². The first kappa shape index (κ1) is 19.9. The number of carbonyl (C=O) groups is 2. The fraction of sp³-hybridized carbons (Fsp3) is 0.143. The Balaban J connectivity index is 1.62. The molecule has 29 heavy (non-hydrogen) atoms. The number of ether oxygens (including phenoxy) is 1. The van der Waals surface area contributed by atoms with Crippen LogP contribution in [0.5, 0.6) is 0 Å². The summed E-state index contributed by atoms with van der Waals surface area (Å²) >= 11 is 0. The third-order valence-electron chi connectivity index (χ3n) is 4.07. The fourth-order valence-corrected chi connectivity index (χ4v) is 2.62. The van der Waals surface area contributed by atoms with Crippen LogP contribution < -0.4 is 10.6 Å². The van der Waals surface area contributed by atoms with E-state index >= 15 is 0 Å². The Morgan fingerprint density at radius 3 is 2.72 bits per heavy atom. The lowest BCUT2D eigenvalue weighted by atomic mass is 10.1. The van der Waals surface area contributed by atoms with Crippen LogP contribution in [-0.4, -0.2) is 35.5 Å². The van der Waals surface area contributed by atoms with E-state index in [9.17, 15) is 14.0 Å². The van der Waals surface area contributed by atoms with Crippen LogP contribution in [-0.2, 0) is 11.2 Å². The molecular formula is C21H19FN4O3. The Morgan fingerprint density at radius 1 is 1.10 bits per heavy atom. The van der Waals surface area contributed by atoms with E-state index in [2.05, 4.69) is 25.3 Å². The first-order chi connectivity index (χ1) is 14.1. The van der Waals surface area contributed by atoms with E-state index in [-0.39, 0.29) is 17.5 Å². The van der Waals surface area contributed by atoms with Gasteiger partial charge in [0.05, 0.1) is 12.7 Å². The molecule has 0 unspecified atom stereocenters. The van der Waals surface area contributed by atoms with Crippen LogP contribution in [0.2, 0.25) is 0 Å². The van der Waals surface area contributed by atoms with Gasteiger partial charge in [-0.3, -0.25) is 4.79 Å². The zero-order chi connectivity index (χ0) is 20.6. The van der Waals surface area contributed by atoms with E-state index in [1.54, 1.807) is 36.4 Å². The second-order valence-corrected chi connectivity index (χ2v) is 6.06. The molecule has 7 nitrogen and oxygen atoms in total. The molecule has 1 aromatic heterocycles. The van der Waals surface area contributed by atoms with Crippen LogP contribution in [0.15, 0.2) is 60.8 Å². The Morgan fingerprint density at radius 2 is 1.93 bits per heavy atom. The number of nitrogens with one attached hydrogen (secondary N) is 2. The summed E-state index contributed by atoms with van der Waals surface area (Å²) in [6.45, 7) is 0.410. The maximum atomic E-state index is 13.7. The molecule has 148 valence electrons. The highest BCUT2D eigenvalue weighted by molar-refractivity contribution is 6.03. The highest BCUT2D eigenvalue weighted by atomic mass is 19.1. The van der Waals surface area contributed by atoms with Crippen molar-refractivity contribution < 1.29 is 18.7 Å². The minimum absolute atomic E-state index is 0.150. The van der Waals surface area contributed by atoms with Gasteiger partial charge in [0, 0.05) is 18.4 Å². The van der Waals surface area contributed by atoms with Gasteiger partial charge >= 0.3 is 5.97 Å². The van der Waals surface area contributed by atoms with E-state index in [1.165, 1.54) is 31.5 Å². The lowest BCUT2D eigenvalue weighted by molar-refractivity contribution is 0.0600. The molecule has 1 heterocycles. The summed E-state index contributed by atoms with van der Waals surface area (Å²) in [5, 5.41) is 5.66. The van der Waals surface area contributed by atoms with Gasteiger partial charge in [-0.1, -0.05) is 24.3 Å². The van der Waals surface area contributed by atoms with Gasteiger partial charge < -0.3 is 15.4 Å². The van der Waals surface area contributed by atoms with Crippen molar-refractivity contribution in [1.29, 1.82) is 0 Å². The number of halogens is 1. The minimum Gasteiger partial charge on any atom is -0.465 e. The average molecular weight is 394 g/mol. The molecule has 0 radical (unpaired) electrons. The topological polar surface area (TPSA) is 93.2 Å². The van der Waals surface area contributed by atoms with Crippen molar-refractivity contribution in [2.45, 2.75) is 6.42 Å².